The third-order valence-electron chi connectivity index (χ3n) is 4.30. The van der Waals surface area contributed by atoms with Gasteiger partial charge in [0.15, 0.2) is 0 Å². The Kier molecular flexibility index (Phi) is 16.6. The largest absolute Gasteiger partial charge is 0.0885 e. The van der Waals surface area contributed by atoms with Crippen molar-refractivity contribution in [1.29, 1.82) is 0 Å². The third-order valence-corrected chi connectivity index (χ3v) is 4.30. The predicted octanol–water partition coefficient (Wildman–Crippen LogP) is 7.49. The number of hydrogen-bond donors (Lipinski definition) is 0. The van der Waals surface area contributed by atoms with Gasteiger partial charge in [0, 0.05) is 0 Å². The van der Waals surface area contributed by atoms with E-state index in [1.54, 1.807) is 0 Å². The van der Waals surface area contributed by atoms with Crippen LogP contribution in [0.15, 0.2) is 12.2 Å². The first kappa shape index (κ1) is 19.7. The minimum atomic E-state index is 0.931. The quantitative estimate of drug-likeness (QED) is 0.215. The average molecular weight is 280 g/mol. The Morgan fingerprint density at radius 3 is 2.20 bits per heavy atom. The third kappa shape index (κ3) is 14.2. The Morgan fingerprint density at radius 1 is 0.800 bits per heavy atom. The molecule has 0 N–H and O–H groups in total. The summed E-state index contributed by atoms with van der Waals surface area (Å²) in [6.45, 7) is 8.53. The van der Waals surface area contributed by atoms with Gasteiger partial charge in [-0.3, -0.25) is 0 Å². The second-order valence-electron chi connectivity index (χ2n) is 6.24. The molecule has 0 heteroatoms. The van der Waals surface area contributed by atoms with Gasteiger partial charge >= 0.3 is 0 Å². The smallest absolute Gasteiger partial charge is 0.0322 e. The maximum Gasteiger partial charge on any atom is -0.0322 e. The van der Waals surface area contributed by atoms with Crippen LogP contribution in [0.4, 0.5) is 0 Å². The van der Waals surface area contributed by atoms with Crippen LogP contribution in [0.3, 0.4) is 0 Å². The van der Waals surface area contributed by atoms with E-state index in [-0.39, 0.29) is 0 Å². The van der Waals surface area contributed by atoms with E-state index < -0.39 is 0 Å². The van der Waals surface area contributed by atoms with Crippen LogP contribution >= 0.6 is 0 Å². The fraction of sp³-hybridized carbons (Fsp3) is 0.850. The van der Waals surface area contributed by atoms with Crippen LogP contribution in [0.5, 0.6) is 0 Å². The van der Waals surface area contributed by atoms with Crippen molar-refractivity contribution in [3.8, 4) is 0 Å². The van der Waals surface area contributed by atoms with Crippen LogP contribution in [0, 0.1) is 12.8 Å². The summed E-state index contributed by atoms with van der Waals surface area (Å²) in [4.78, 5) is 0. The topological polar surface area (TPSA) is 0 Å². The normalized spacial score (nSPS) is 13.2. The highest BCUT2D eigenvalue weighted by molar-refractivity contribution is 4.83. The highest BCUT2D eigenvalue weighted by Gasteiger charge is 2.03. The molecule has 1 atom stereocenters. The molecule has 0 fully saturated rings. The lowest BCUT2D eigenvalue weighted by Crippen LogP contribution is -1.97. The van der Waals surface area contributed by atoms with Gasteiger partial charge in [0.05, 0.1) is 0 Å². The monoisotopic (exact) mass is 279 g/mol. The molecule has 1 radical (unpaired) electrons. The molecule has 20 heavy (non-hydrogen) atoms. The molecule has 0 aromatic rings. The summed E-state index contributed by atoms with van der Waals surface area (Å²) < 4.78 is 0. The molecular weight excluding hydrogens is 240 g/mol. The fourth-order valence-corrected chi connectivity index (χ4v) is 2.72. The maximum absolute atomic E-state index is 3.89. The summed E-state index contributed by atoms with van der Waals surface area (Å²) in [7, 11) is 0. The summed E-state index contributed by atoms with van der Waals surface area (Å²) in [6, 6.07) is 0. The van der Waals surface area contributed by atoms with Gasteiger partial charge in [0.1, 0.15) is 0 Å². The van der Waals surface area contributed by atoms with Gasteiger partial charge in [-0.2, -0.15) is 0 Å². The first-order chi connectivity index (χ1) is 9.85. The van der Waals surface area contributed by atoms with Gasteiger partial charge in [0.25, 0.3) is 0 Å². The predicted molar refractivity (Wildman–Crippen MR) is 94.0 cm³/mol. The van der Waals surface area contributed by atoms with E-state index >= 15 is 0 Å². The summed E-state index contributed by atoms with van der Waals surface area (Å²) >= 11 is 0. The Morgan fingerprint density at radius 2 is 1.50 bits per heavy atom. The van der Waals surface area contributed by atoms with E-state index in [1.807, 2.05) is 0 Å². The average Bonchev–Trinajstić information content (AvgIpc) is 2.47. The van der Waals surface area contributed by atoms with Crippen LogP contribution in [0.25, 0.3) is 0 Å². The van der Waals surface area contributed by atoms with Gasteiger partial charge in [-0.05, 0) is 25.2 Å². The van der Waals surface area contributed by atoms with Crippen molar-refractivity contribution in [2.45, 2.75) is 104 Å². The zero-order chi connectivity index (χ0) is 14.9. The Bertz CT molecular complexity index is 192. The lowest BCUT2D eigenvalue weighted by molar-refractivity contribution is 0.445. The van der Waals surface area contributed by atoms with E-state index in [9.17, 15) is 0 Å². The Labute approximate surface area is 129 Å². The van der Waals surface area contributed by atoms with Gasteiger partial charge in [0.2, 0.25) is 0 Å². The summed E-state index contributed by atoms with van der Waals surface area (Å²) in [5.41, 5.74) is 0. The number of rotatable bonds is 15. The zero-order valence-corrected chi connectivity index (χ0v) is 14.3. The molecule has 0 aliphatic rings. The van der Waals surface area contributed by atoms with Crippen molar-refractivity contribution in [3.63, 3.8) is 0 Å². The van der Waals surface area contributed by atoms with Gasteiger partial charge in [-0.1, -0.05) is 104 Å². The van der Waals surface area contributed by atoms with Crippen molar-refractivity contribution in [2.24, 2.45) is 5.92 Å². The summed E-state index contributed by atoms with van der Waals surface area (Å²) in [6.07, 6.45) is 23.9. The van der Waals surface area contributed by atoms with E-state index in [0.717, 1.165) is 12.3 Å². The molecule has 0 saturated carbocycles. The van der Waals surface area contributed by atoms with Crippen molar-refractivity contribution in [1.82, 2.24) is 0 Å². The molecule has 119 valence electrons. The molecule has 0 spiro atoms. The highest BCUT2D eigenvalue weighted by atomic mass is 14.1. The van der Waals surface area contributed by atoms with Crippen molar-refractivity contribution in [3.05, 3.63) is 19.1 Å². The minimum absolute atomic E-state index is 0.931. The van der Waals surface area contributed by atoms with Gasteiger partial charge in [-0.25, -0.2) is 0 Å². The molecule has 0 rings (SSSR count). The zero-order valence-electron chi connectivity index (χ0n) is 14.3. The first-order valence-corrected chi connectivity index (χ1v) is 9.29. The molecule has 0 aliphatic carbocycles. The SMILES string of the molecule is [CH2]CCCCCCC/C=C\CC(CC)CCCCCC. The van der Waals surface area contributed by atoms with Crippen molar-refractivity contribution < 1.29 is 0 Å². The van der Waals surface area contributed by atoms with Crippen molar-refractivity contribution in [2.75, 3.05) is 0 Å². The van der Waals surface area contributed by atoms with E-state index in [1.165, 1.54) is 83.5 Å². The van der Waals surface area contributed by atoms with Gasteiger partial charge < -0.3 is 0 Å². The second kappa shape index (κ2) is 16.8. The molecule has 0 bridgehead atoms. The Hall–Kier alpha value is -0.260. The molecule has 0 aromatic heterocycles. The van der Waals surface area contributed by atoms with Gasteiger partial charge in [-0.15, -0.1) is 0 Å². The summed E-state index contributed by atoms with van der Waals surface area (Å²) in [5.74, 6) is 0.931. The molecule has 0 heterocycles. The minimum Gasteiger partial charge on any atom is -0.0885 e. The molecule has 0 nitrogen and oxygen atoms in total. The maximum atomic E-state index is 3.89. The first-order valence-electron chi connectivity index (χ1n) is 9.29. The highest BCUT2D eigenvalue weighted by Crippen LogP contribution is 2.18. The fourth-order valence-electron chi connectivity index (χ4n) is 2.72. The number of allylic oxidation sites excluding steroid dienone is 2. The number of unbranched alkanes of at least 4 members (excludes halogenated alkanes) is 9. The molecule has 0 saturated heterocycles. The Balaban J connectivity index is 3.40. The van der Waals surface area contributed by atoms with Crippen LogP contribution in [0.2, 0.25) is 0 Å². The molecule has 0 aliphatic heterocycles. The van der Waals surface area contributed by atoms with Crippen LogP contribution < -0.4 is 0 Å². The lowest BCUT2D eigenvalue weighted by atomic mass is 9.94. The standard InChI is InChI=1S/C20H39/c1-4-7-9-11-12-13-14-15-17-19-20(6-3)18-16-10-8-5-2/h15,17,20H,1,4-14,16,18-19H2,2-3H3/b17-15-. The lowest BCUT2D eigenvalue weighted by Gasteiger charge is -2.11. The molecule has 1 unspecified atom stereocenters. The van der Waals surface area contributed by atoms with E-state index in [2.05, 4.69) is 32.9 Å². The van der Waals surface area contributed by atoms with Crippen molar-refractivity contribution >= 4 is 0 Å². The molecule has 0 amide bonds. The van der Waals surface area contributed by atoms with E-state index in [0.29, 0.717) is 0 Å². The molecular formula is C20H39. The number of hydrogen-bond acceptors (Lipinski definition) is 0. The van der Waals surface area contributed by atoms with Crippen LogP contribution in [-0.2, 0) is 0 Å². The molecule has 0 aromatic carbocycles. The summed E-state index contributed by atoms with van der Waals surface area (Å²) in [5, 5.41) is 0. The van der Waals surface area contributed by atoms with Crippen LogP contribution in [0.1, 0.15) is 104 Å². The van der Waals surface area contributed by atoms with E-state index in [4.69, 9.17) is 0 Å². The van der Waals surface area contributed by atoms with Crippen LogP contribution in [-0.4, -0.2) is 0 Å². The second-order valence-corrected chi connectivity index (χ2v) is 6.24.